The maximum Gasteiger partial charge on any atom is 0.0604 e. The molecule has 0 saturated heterocycles. The minimum absolute atomic E-state index is 0.000185. The molecule has 2 aromatic rings. The van der Waals surface area contributed by atoms with Crippen molar-refractivity contribution in [2.45, 2.75) is 19.9 Å². The van der Waals surface area contributed by atoms with Crippen molar-refractivity contribution in [3.63, 3.8) is 0 Å². The average molecular weight is 294 g/mol. The quantitative estimate of drug-likeness (QED) is 0.847. The van der Waals surface area contributed by atoms with Crippen LogP contribution < -0.4 is 5.32 Å². The summed E-state index contributed by atoms with van der Waals surface area (Å²) in [5.74, 6) is 0. The van der Waals surface area contributed by atoms with E-state index in [1.807, 2.05) is 25.2 Å². The van der Waals surface area contributed by atoms with E-state index in [0.29, 0.717) is 10.0 Å². The molecule has 1 nitrogen and oxygen atoms in total. The summed E-state index contributed by atoms with van der Waals surface area (Å²) in [7, 11) is 1.92. The first kappa shape index (κ1) is 14.4. The number of aryl methyl sites for hydroxylation is 2. The van der Waals surface area contributed by atoms with E-state index in [1.54, 1.807) is 0 Å². The first-order valence-corrected chi connectivity index (χ1v) is 6.98. The topological polar surface area (TPSA) is 12.0 Å². The summed E-state index contributed by atoms with van der Waals surface area (Å²) >= 11 is 12.6. The second kappa shape index (κ2) is 5.96. The van der Waals surface area contributed by atoms with Gasteiger partial charge in [0.25, 0.3) is 0 Å². The van der Waals surface area contributed by atoms with E-state index in [-0.39, 0.29) is 6.04 Å². The molecule has 0 radical (unpaired) electrons. The molecule has 0 bridgehead atoms. The lowest BCUT2D eigenvalue weighted by Crippen LogP contribution is -2.18. The molecule has 0 saturated carbocycles. The van der Waals surface area contributed by atoms with E-state index in [1.165, 1.54) is 16.7 Å². The molecule has 0 heterocycles. The molecular weight excluding hydrogens is 277 g/mol. The maximum absolute atomic E-state index is 6.31. The van der Waals surface area contributed by atoms with Crippen molar-refractivity contribution in [1.82, 2.24) is 5.32 Å². The van der Waals surface area contributed by atoms with Crippen LogP contribution in [0.3, 0.4) is 0 Å². The van der Waals surface area contributed by atoms with Crippen molar-refractivity contribution < 1.29 is 0 Å². The molecule has 1 unspecified atom stereocenters. The maximum atomic E-state index is 6.31. The molecule has 100 valence electrons. The fourth-order valence-electron chi connectivity index (χ4n) is 2.44. The fraction of sp³-hybridized carbons (Fsp3) is 0.250. The van der Waals surface area contributed by atoms with Gasteiger partial charge in [-0.2, -0.15) is 0 Å². The summed E-state index contributed by atoms with van der Waals surface area (Å²) < 4.78 is 0. The number of halogens is 2. The monoisotopic (exact) mass is 293 g/mol. The highest BCUT2D eigenvalue weighted by atomic mass is 35.5. The molecule has 0 aromatic heterocycles. The summed E-state index contributed by atoms with van der Waals surface area (Å²) in [6.45, 7) is 4.19. The van der Waals surface area contributed by atoms with Gasteiger partial charge in [0.15, 0.2) is 0 Å². The minimum Gasteiger partial charge on any atom is -0.309 e. The molecule has 0 aliphatic carbocycles. The van der Waals surface area contributed by atoms with Gasteiger partial charge >= 0.3 is 0 Å². The van der Waals surface area contributed by atoms with Gasteiger partial charge in [0.1, 0.15) is 0 Å². The van der Waals surface area contributed by atoms with E-state index in [9.17, 15) is 0 Å². The van der Waals surface area contributed by atoms with Crippen LogP contribution in [0.2, 0.25) is 10.0 Å². The van der Waals surface area contributed by atoms with Crippen molar-refractivity contribution in [1.29, 1.82) is 0 Å². The molecule has 0 amide bonds. The highest BCUT2D eigenvalue weighted by molar-refractivity contribution is 6.36. The zero-order valence-corrected chi connectivity index (χ0v) is 12.8. The molecule has 2 aromatic carbocycles. The predicted molar refractivity (Wildman–Crippen MR) is 83.3 cm³/mol. The van der Waals surface area contributed by atoms with Gasteiger partial charge < -0.3 is 5.32 Å². The molecule has 3 heteroatoms. The van der Waals surface area contributed by atoms with E-state index < -0.39 is 0 Å². The fourth-order valence-corrected chi connectivity index (χ4v) is 3.06. The lowest BCUT2D eigenvalue weighted by atomic mass is 9.95. The Hall–Kier alpha value is -1.02. The third-order valence-electron chi connectivity index (χ3n) is 3.15. The van der Waals surface area contributed by atoms with Crippen LogP contribution in [-0.2, 0) is 0 Å². The Bertz CT molecular complexity index is 553. The molecule has 1 N–H and O–H groups in total. The van der Waals surface area contributed by atoms with Crippen molar-refractivity contribution in [3.8, 4) is 0 Å². The Kier molecular flexibility index (Phi) is 4.51. The molecule has 0 aliphatic rings. The van der Waals surface area contributed by atoms with Crippen molar-refractivity contribution in [2.24, 2.45) is 0 Å². The van der Waals surface area contributed by atoms with Gasteiger partial charge in [-0.1, -0.05) is 58.6 Å². The zero-order valence-electron chi connectivity index (χ0n) is 11.3. The number of nitrogens with one attached hydrogen (secondary N) is 1. The SMILES string of the molecule is CNC(c1cc(C)cc(C)c1)c1c(Cl)cccc1Cl. The third-order valence-corrected chi connectivity index (χ3v) is 3.81. The molecule has 0 spiro atoms. The Morgan fingerprint density at radius 3 is 1.95 bits per heavy atom. The zero-order chi connectivity index (χ0) is 14.0. The summed E-state index contributed by atoms with van der Waals surface area (Å²) in [5, 5.41) is 4.67. The molecule has 2 rings (SSSR count). The van der Waals surface area contributed by atoms with Crippen LogP contribution in [-0.4, -0.2) is 7.05 Å². The Balaban J connectivity index is 2.56. The van der Waals surface area contributed by atoms with Gasteiger partial charge in [0.2, 0.25) is 0 Å². The average Bonchev–Trinajstić information content (AvgIpc) is 2.32. The molecule has 1 atom stereocenters. The van der Waals surface area contributed by atoms with E-state index in [0.717, 1.165) is 5.56 Å². The van der Waals surface area contributed by atoms with E-state index >= 15 is 0 Å². The van der Waals surface area contributed by atoms with Crippen molar-refractivity contribution in [2.75, 3.05) is 7.05 Å². The first-order valence-electron chi connectivity index (χ1n) is 6.22. The standard InChI is InChI=1S/C16H17Cl2N/c1-10-7-11(2)9-12(8-10)16(19-3)15-13(17)5-4-6-14(15)18/h4-9,16,19H,1-3H3. The number of hydrogen-bond donors (Lipinski definition) is 1. The van der Waals surface area contributed by atoms with Gasteiger partial charge in [-0.3, -0.25) is 0 Å². The molecule has 0 aliphatic heterocycles. The van der Waals surface area contributed by atoms with Gasteiger partial charge in [-0.25, -0.2) is 0 Å². The van der Waals surface area contributed by atoms with Crippen molar-refractivity contribution >= 4 is 23.2 Å². The minimum atomic E-state index is -0.000185. The first-order chi connectivity index (χ1) is 9.02. The number of hydrogen-bond acceptors (Lipinski definition) is 1. The second-order valence-electron chi connectivity index (χ2n) is 4.78. The van der Waals surface area contributed by atoms with Crippen molar-refractivity contribution in [3.05, 3.63) is 68.7 Å². The van der Waals surface area contributed by atoms with Crippen LogP contribution in [0.1, 0.15) is 28.3 Å². The van der Waals surface area contributed by atoms with E-state index in [4.69, 9.17) is 23.2 Å². The number of rotatable bonds is 3. The smallest absolute Gasteiger partial charge is 0.0604 e. The summed E-state index contributed by atoms with van der Waals surface area (Å²) in [6.07, 6.45) is 0. The van der Waals surface area contributed by atoms with Gasteiger partial charge in [0, 0.05) is 15.6 Å². The number of benzene rings is 2. The van der Waals surface area contributed by atoms with Crippen LogP contribution in [0.5, 0.6) is 0 Å². The van der Waals surface area contributed by atoms with Crippen LogP contribution in [0, 0.1) is 13.8 Å². The lowest BCUT2D eigenvalue weighted by molar-refractivity contribution is 0.691. The van der Waals surface area contributed by atoms with Gasteiger partial charge in [0.05, 0.1) is 6.04 Å². The Morgan fingerprint density at radius 1 is 0.947 bits per heavy atom. The molecule has 19 heavy (non-hydrogen) atoms. The highest BCUT2D eigenvalue weighted by Gasteiger charge is 2.18. The molecule has 0 fully saturated rings. The van der Waals surface area contributed by atoms with Crippen LogP contribution in [0.15, 0.2) is 36.4 Å². The molecular formula is C16H17Cl2N. The third kappa shape index (κ3) is 3.11. The van der Waals surface area contributed by atoms with E-state index in [2.05, 4.69) is 37.4 Å². The van der Waals surface area contributed by atoms with Crippen LogP contribution in [0.25, 0.3) is 0 Å². The van der Waals surface area contributed by atoms with Gasteiger partial charge in [-0.05, 0) is 38.6 Å². The normalized spacial score (nSPS) is 12.5. The largest absolute Gasteiger partial charge is 0.309 e. The second-order valence-corrected chi connectivity index (χ2v) is 5.59. The lowest BCUT2D eigenvalue weighted by Gasteiger charge is -2.21. The summed E-state index contributed by atoms with van der Waals surface area (Å²) in [4.78, 5) is 0. The summed E-state index contributed by atoms with van der Waals surface area (Å²) in [6, 6.07) is 12.1. The Labute approximate surface area is 124 Å². The Morgan fingerprint density at radius 2 is 1.47 bits per heavy atom. The summed E-state index contributed by atoms with van der Waals surface area (Å²) in [5.41, 5.74) is 4.57. The predicted octanol–water partition coefficient (Wildman–Crippen LogP) is 4.92. The van der Waals surface area contributed by atoms with Crippen LogP contribution >= 0.6 is 23.2 Å². The highest BCUT2D eigenvalue weighted by Crippen LogP contribution is 2.34. The van der Waals surface area contributed by atoms with Gasteiger partial charge in [-0.15, -0.1) is 0 Å². The van der Waals surface area contributed by atoms with Crippen LogP contribution in [0.4, 0.5) is 0 Å².